The predicted molar refractivity (Wildman–Crippen MR) is 247 cm³/mol. The van der Waals surface area contributed by atoms with E-state index in [9.17, 15) is 28.8 Å². The van der Waals surface area contributed by atoms with Crippen molar-refractivity contribution in [1.82, 2.24) is 49.8 Å². The molecule has 346 valence electrons. The van der Waals surface area contributed by atoms with E-state index in [1.165, 1.54) is 11.8 Å². The van der Waals surface area contributed by atoms with Gasteiger partial charge in [0.15, 0.2) is 11.5 Å². The van der Waals surface area contributed by atoms with E-state index in [-0.39, 0.29) is 54.4 Å². The number of nitrogens with zero attached hydrogens (tertiary/aromatic N) is 9. The molecule has 3 saturated heterocycles. The number of amides is 6. The fourth-order valence-corrected chi connectivity index (χ4v) is 9.95. The maximum atomic E-state index is 13.2. The van der Waals surface area contributed by atoms with Crippen molar-refractivity contribution in [3.8, 4) is 0 Å². The molecular formula is C48H53N13O6. The zero-order valence-electron chi connectivity index (χ0n) is 37.3. The van der Waals surface area contributed by atoms with Crippen LogP contribution in [0.1, 0.15) is 87.0 Å². The largest absolute Gasteiger partial charge is 0.376 e. The molecule has 1 saturated carbocycles. The molecule has 0 unspecified atom stereocenters. The number of benzene rings is 2. The molecule has 67 heavy (non-hydrogen) atoms. The van der Waals surface area contributed by atoms with Gasteiger partial charge in [-0.05, 0) is 93.0 Å². The van der Waals surface area contributed by atoms with Crippen LogP contribution in [0.5, 0.6) is 0 Å². The van der Waals surface area contributed by atoms with Gasteiger partial charge in [0.2, 0.25) is 17.7 Å². The van der Waals surface area contributed by atoms with Crippen LogP contribution in [0.3, 0.4) is 0 Å². The number of imide groups is 2. The molecule has 4 aliphatic heterocycles. The van der Waals surface area contributed by atoms with Crippen LogP contribution in [-0.2, 0) is 20.9 Å². The van der Waals surface area contributed by atoms with Gasteiger partial charge in [0.25, 0.3) is 17.7 Å². The van der Waals surface area contributed by atoms with Gasteiger partial charge in [-0.3, -0.25) is 43.9 Å². The van der Waals surface area contributed by atoms with E-state index in [1.807, 2.05) is 30.3 Å². The molecule has 7 heterocycles. The van der Waals surface area contributed by atoms with Crippen molar-refractivity contribution in [3.05, 3.63) is 101 Å². The number of imidazole rings is 1. The number of aryl methyl sites for hydroxylation is 1. The Kier molecular flexibility index (Phi) is 12.1. The van der Waals surface area contributed by atoms with Gasteiger partial charge in [0.1, 0.15) is 23.6 Å². The maximum absolute atomic E-state index is 13.2. The number of carbonyl (C=O) groups excluding carboxylic acids is 6. The fourth-order valence-electron chi connectivity index (χ4n) is 9.95. The lowest BCUT2D eigenvalue weighted by Crippen LogP contribution is -2.54. The van der Waals surface area contributed by atoms with Crippen LogP contribution in [0.4, 0.5) is 17.2 Å². The molecule has 1 aliphatic carbocycles. The van der Waals surface area contributed by atoms with E-state index in [2.05, 4.69) is 79.8 Å². The van der Waals surface area contributed by atoms with Crippen molar-refractivity contribution in [2.24, 2.45) is 5.92 Å². The third-order valence-electron chi connectivity index (χ3n) is 13.8. The van der Waals surface area contributed by atoms with Crippen LogP contribution >= 0.6 is 0 Å². The van der Waals surface area contributed by atoms with Gasteiger partial charge in [-0.25, -0.2) is 19.9 Å². The van der Waals surface area contributed by atoms with E-state index in [4.69, 9.17) is 0 Å². The summed E-state index contributed by atoms with van der Waals surface area (Å²) in [6.45, 7) is 8.66. The molecule has 0 bridgehead atoms. The van der Waals surface area contributed by atoms with Gasteiger partial charge in [0, 0.05) is 87.9 Å². The van der Waals surface area contributed by atoms with E-state index in [0.717, 1.165) is 85.7 Å². The van der Waals surface area contributed by atoms with Crippen molar-refractivity contribution in [1.29, 1.82) is 0 Å². The van der Waals surface area contributed by atoms with Gasteiger partial charge >= 0.3 is 0 Å². The number of piperidine rings is 2. The minimum absolute atomic E-state index is 0.0296. The summed E-state index contributed by atoms with van der Waals surface area (Å²) in [5.74, 6) is -1.22. The first-order chi connectivity index (χ1) is 32.5. The van der Waals surface area contributed by atoms with Crippen LogP contribution < -0.4 is 26.2 Å². The summed E-state index contributed by atoms with van der Waals surface area (Å²) in [5.41, 5.74) is 5.96. The van der Waals surface area contributed by atoms with E-state index in [0.29, 0.717) is 42.8 Å². The number of fused-ring (bicyclic) bond motifs is 2. The number of carbonyl (C=O) groups is 6. The summed E-state index contributed by atoms with van der Waals surface area (Å²) in [6.07, 6.45) is 6.96. The molecule has 19 heteroatoms. The Bertz CT molecular complexity index is 2760. The third kappa shape index (κ3) is 9.15. The Balaban J connectivity index is 0.648. The van der Waals surface area contributed by atoms with Gasteiger partial charge < -0.3 is 30.3 Å². The Hall–Kier alpha value is -7.28. The molecule has 4 fully saturated rings. The highest BCUT2D eigenvalue weighted by molar-refractivity contribution is 6.23. The summed E-state index contributed by atoms with van der Waals surface area (Å²) >= 11 is 0. The van der Waals surface area contributed by atoms with Gasteiger partial charge in [-0.15, -0.1) is 0 Å². The van der Waals surface area contributed by atoms with Crippen molar-refractivity contribution >= 4 is 63.8 Å². The summed E-state index contributed by atoms with van der Waals surface area (Å²) in [5, 5.41) is 11.9. The zero-order chi connectivity index (χ0) is 46.2. The SMILES string of the molecule is Cc1cccc(C(=O)NC2CC(n3cnc4c(NCc5cccc(N6CCN(CC7CCN(C(=O)CNc8ccc9c(c8)C(=O)N([C@H]8CCC(=O)NC8=O)C9=O)CC7)CC6)c5)ncnc43)C2)n1. The minimum atomic E-state index is -1.03. The number of likely N-dealkylation sites (tertiary alicyclic amines) is 1. The highest BCUT2D eigenvalue weighted by Gasteiger charge is 2.45. The Morgan fingerprint density at radius 3 is 2.40 bits per heavy atom. The van der Waals surface area contributed by atoms with Crippen LogP contribution in [0.25, 0.3) is 11.2 Å². The Labute approximate surface area is 386 Å². The standard InChI is InChI=1S/C48H53N13O6/c1-29-4-2-7-38(54-29)45(64)55-33-21-35(22-33)60-28-53-42-43(51-27-52-44(42)60)50-24-31-5-3-6-34(20-31)58-18-16-57(17-19-58)26-30-12-14-59(15-13-30)41(63)25-49-32-8-9-36-37(23-32)48(67)61(47(36)66)39-10-11-40(62)56-46(39)65/h2-9,20,23,27-28,30,33,35,39,49H,10-19,21-22,24-26H2,1H3,(H,55,64)(H,50,51,52)(H,56,62,65)/t33?,35?,39-/m0/s1. The molecular weight excluding hydrogens is 855 g/mol. The first kappa shape index (κ1) is 43.6. The molecule has 19 nitrogen and oxygen atoms in total. The van der Waals surface area contributed by atoms with Gasteiger partial charge in [0.05, 0.1) is 24.0 Å². The van der Waals surface area contributed by atoms with Gasteiger partial charge in [-0.1, -0.05) is 18.2 Å². The topological polar surface area (TPSA) is 220 Å². The van der Waals surface area contributed by atoms with E-state index >= 15 is 0 Å². The second-order valence-electron chi connectivity index (χ2n) is 18.2. The number of hydrogen-bond donors (Lipinski definition) is 4. The highest BCUT2D eigenvalue weighted by atomic mass is 16.2. The lowest BCUT2D eigenvalue weighted by molar-refractivity contribution is -0.136. The van der Waals surface area contributed by atoms with Crippen LogP contribution in [-0.4, -0.2) is 139 Å². The number of aromatic nitrogens is 5. The molecule has 3 aromatic heterocycles. The monoisotopic (exact) mass is 907 g/mol. The fraction of sp³-hybridized carbons (Fsp3) is 0.417. The Morgan fingerprint density at radius 2 is 1.61 bits per heavy atom. The second-order valence-corrected chi connectivity index (χ2v) is 18.2. The molecule has 0 spiro atoms. The lowest BCUT2D eigenvalue weighted by atomic mass is 9.86. The summed E-state index contributed by atoms with van der Waals surface area (Å²) in [4.78, 5) is 102. The molecule has 5 aliphatic rings. The maximum Gasteiger partial charge on any atom is 0.270 e. The third-order valence-corrected chi connectivity index (χ3v) is 13.8. The Morgan fingerprint density at radius 1 is 0.821 bits per heavy atom. The second kappa shape index (κ2) is 18.5. The first-order valence-electron chi connectivity index (χ1n) is 23.1. The number of rotatable bonds is 13. The normalized spacial score (nSPS) is 21.3. The van der Waals surface area contributed by atoms with Crippen LogP contribution in [0, 0.1) is 12.8 Å². The lowest BCUT2D eigenvalue weighted by Gasteiger charge is -2.39. The summed E-state index contributed by atoms with van der Waals surface area (Å²) in [7, 11) is 0. The quantitative estimate of drug-likeness (QED) is 0.125. The highest BCUT2D eigenvalue weighted by Crippen LogP contribution is 2.35. The number of pyridine rings is 1. The molecule has 4 N–H and O–H groups in total. The first-order valence-corrected chi connectivity index (χ1v) is 23.1. The summed E-state index contributed by atoms with van der Waals surface area (Å²) in [6, 6.07) is 18.0. The summed E-state index contributed by atoms with van der Waals surface area (Å²) < 4.78 is 2.08. The van der Waals surface area contributed by atoms with Crippen LogP contribution in [0.2, 0.25) is 0 Å². The van der Waals surface area contributed by atoms with Gasteiger partial charge in [-0.2, -0.15) is 0 Å². The zero-order valence-corrected chi connectivity index (χ0v) is 37.3. The average molecular weight is 908 g/mol. The predicted octanol–water partition coefficient (Wildman–Crippen LogP) is 3.15. The van der Waals surface area contributed by atoms with E-state index < -0.39 is 29.7 Å². The van der Waals surface area contributed by atoms with Crippen molar-refractivity contribution in [2.45, 2.75) is 70.1 Å². The smallest absolute Gasteiger partial charge is 0.270 e. The van der Waals surface area contributed by atoms with Crippen molar-refractivity contribution < 1.29 is 28.8 Å². The minimum Gasteiger partial charge on any atom is -0.376 e. The average Bonchev–Trinajstić information content (AvgIpc) is 3.86. The number of nitrogens with one attached hydrogen (secondary N) is 4. The van der Waals surface area contributed by atoms with Crippen LogP contribution in [0.15, 0.2) is 73.3 Å². The number of hydrogen-bond acceptors (Lipinski definition) is 14. The van der Waals surface area contributed by atoms with E-state index in [1.54, 1.807) is 24.5 Å². The molecule has 2 aromatic carbocycles. The molecule has 5 aromatic rings. The molecule has 1 atom stereocenters. The number of piperazine rings is 1. The molecule has 10 rings (SSSR count). The van der Waals surface area contributed by atoms with Crippen molar-refractivity contribution in [2.75, 3.05) is 67.9 Å². The number of anilines is 3. The molecule has 6 amide bonds. The molecule has 0 radical (unpaired) electrons. The van der Waals surface area contributed by atoms with Crippen molar-refractivity contribution in [3.63, 3.8) is 0 Å².